The Balaban J connectivity index is 2.07. The Hall–Kier alpha value is -1.47. The van der Waals surface area contributed by atoms with E-state index in [4.69, 9.17) is 22.1 Å². The van der Waals surface area contributed by atoms with Gasteiger partial charge in [-0.25, -0.2) is 12.8 Å². The molecule has 0 heterocycles. The number of hydrogen-bond donors (Lipinski definition) is 1. The van der Waals surface area contributed by atoms with E-state index < -0.39 is 32.2 Å². The maximum atomic E-state index is 13.7. The summed E-state index contributed by atoms with van der Waals surface area (Å²) in [5.41, 5.74) is 5.79. The number of rotatable bonds is 6. The second-order valence-electron chi connectivity index (χ2n) is 6.32. The summed E-state index contributed by atoms with van der Waals surface area (Å²) in [6.07, 6.45) is 0. The molecule has 3 unspecified atom stereocenters. The predicted molar refractivity (Wildman–Crippen MR) is 94.9 cm³/mol. The van der Waals surface area contributed by atoms with Crippen LogP contribution in [0.2, 0.25) is 5.02 Å². The van der Waals surface area contributed by atoms with Gasteiger partial charge in [-0.15, -0.1) is 0 Å². The third kappa shape index (κ3) is 3.08. The van der Waals surface area contributed by atoms with Gasteiger partial charge in [0.1, 0.15) is 5.82 Å². The Kier molecular flexibility index (Phi) is 4.90. The summed E-state index contributed by atoms with van der Waals surface area (Å²) in [7, 11) is -2.17. The summed E-state index contributed by atoms with van der Waals surface area (Å²) in [4.78, 5) is 0.176. The Morgan fingerprint density at radius 1 is 1.24 bits per heavy atom. The Bertz CT molecular complexity index is 872. The van der Waals surface area contributed by atoms with Crippen LogP contribution < -0.4 is 5.73 Å². The molecule has 0 bridgehead atoms. The van der Waals surface area contributed by atoms with Gasteiger partial charge in [-0.1, -0.05) is 23.7 Å². The van der Waals surface area contributed by atoms with Gasteiger partial charge in [-0.05, 0) is 42.0 Å². The fraction of sp³-hybridized carbons (Fsp3) is 0.333. The molecule has 1 aliphatic carbocycles. The van der Waals surface area contributed by atoms with Crippen molar-refractivity contribution in [2.24, 2.45) is 11.1 Å². The van der Waals surface area contributed by atoms with E-state index in [0.29, 0.717) is 10.6 Å². The zero-order valence-electron chi connectivity index (χ0n) is 13.7. The van der Waals surface area contributed by atoms with E-state index in [1.165, 1.54) is 43.5 Å². The van der Waals surface area contributed by atoms with Crippen molar-refractivity contribution >= 4 is 21.4 Å². The topological polar surface area (TPSA) is 69.4 Å². The van der Waals surface area contributed by atoms with Gasteiger partial charge in [0.05, 0.1) is 16.8 Å². The Morgan fingerprint density at radius 2 is 1.92 bits per heavy atom. The fourth-order valence-electron chi connectivity index (χ4n) is 3.66. The summed E-state index contributed by atoms with van der Waals surface area (Å²) in [6, 6.07) is 12.0. The lowest BCUT2D eigenvalue weighted by molar-refractivity contribution is 0.142. The normalized spacial score (nSPS) is 25.8. The highest BCUT2D eigenvalue weighted by molar-refractivity contribution is 7.92. The van der Waals surface area contributed by atoms with Gasteiger partial charge in [0.25, 0.3) is 0 Å². The maximum Gasteiger partial charge on any atom is 0.182 e. The lowest BCUT2D eigenvalue weighted by atomic mass is 10.00. The van der Waals surface area contributed by atoms with Crippen LogP contribution in [0.25, 0.3) is 0 Å². The molecule has 0 aromatic heterocycles. The molecule has 2 N–H and O–H groups in total. The summed E-state index contributed by atoms with van der Waals surface area (Å²) in [5, 5.41) is -0.314. The maximum absolute atomic E-state index is 13.7. The molecule has 0 spiro atoms. The smallest absolute Gasteiger partial charge is 0.182 e. The Labute approximate surface area is 151 Å². The van der Waals surface area contributed by atoms with Crippen molar-refractivity contribution in [3.63, 3.8) is 0 Å². The molecule has 2 aromatic rings. The zero-order chi connectivity index (χ0) is 18.2. The highest BCUT2D eigenvalue weighted by Gasteiger charge is 2.70. The minimum atomic E-state index is -3.68. The summed E-state index contributed by atoms with van der Waals surface area (Å²) in [6.45, 7) is 0.307. The molecule has 3 atom stereocenters. The second kappa shape index (κ2) is 6.68. The first kappa shape index (κ1) is 18.3. The van der Waals surface area contributed by atoms with Crippen LogP contribution in [0.4, 0.5) is 4.39 Å². The quantitative estimate of drug-likeness (QED) is 0.832. The first-order valence-electron chi connectivity index (χ1n) is 7.81. The highest BCUT2D eigenvalue weighted by Crippen LogP contribution is 2.63. The summed E-state index contributed by atoms with van der Waals surface area (Å²) in [5.74, 6) is -0.829. The third-order valence-corrected chi connectivity index (χ3v) is 7.45. The highest BCUT2D eigenvalue weighted by atomic mass is 35.5. The molecule has 7 heteroatoms. The monoisotopic (exact) mass is 383 g/mol. The van der Waals surface area contributed by atoms with Crippen LogP contribution in [0.1, 0.15) is 11.5 Å². The molecule has 2 aromatic carbocycles. The van der Waals surface area contributed by atoms with Gasteiger partial charge in [-0.2, -0.15) is 0 Å². The van der Waals surface area contributed by atoms with Gasteiger partial charge in [0.2, 0.25) is 0 Å². The number of benzene rings is 2. The van der Waals surface area contributed by atoms with E-state index in [1.807, 2.05) is 0 Å². The predicted octanol–water partition coefficient (Wildman–Crippen LogP) is 3.01. The minimum Gasteiger partial charge on any atom is -0.384 e. The molecular formula is C18H19ClFNO3S. The molecule has 0 saturated heterocycles. The largest absolute Gasteiger partial charge is 0.384 e. The van der Waals surface area contributed by atoms with E-state index in [9.17, 15) is 12.8 Å². The first-order chi connectivity index (χ1) is 11.9. The number of methoxy groups -OCH3 is 1. The molecule has 25 heavy (non-hydrogen) atoms. The summed E-state index contributed by atoms with van der Waals surface area (Å²) >= 11 is 5.86. The molecule has 0 amide bonds. The van der Waals surface area contributed by atoms with Crippen LogP contribution in [-0.2, 0) is 14.6 Å². The zero-order valence-corrected chi connectivity index (χ0v) is 15.2. The number of sulfone groups is 1. The Morgan fingerprint density at radius 3 is 2.48 bits per heavy atom. The van der Waals surface area contributed by atoms with Crippen LogP contribution in [0.5, 0.6) is 0 Å². The molecule has 0 aliphatic heterocycles. The number of halogens is 2. The van der Waals surface area contributed by atoms with Crippen LogP contribution in [-0.4, -0.2) is 33.9 Å². The summed E-state index contributed by atoms with van der Waals surface area (Å²) < 4.78 is 45.3. The van der Waals surface area contributed by atoms with Crippen molar-refractivity contribution < 1.29 is 17.5 Å². The van der Waals surface area contributed by atoms with E-state index in [0.717, 1.165) is 0 Å². The molecule has 4 nitrogen and oxygen atoms in total. The van der Waals surface area contributed by atoms with Crippen LogP contribution in [0.3, 0.4) is 0 Å². The van der Waals surface area contributed by atoms with Gasteiger partial charge >= 0.3 is 0 Å². The van der Waals surface area contributed by atoms with E-state index in [1.54, 1.807) is 12.1 Å². The third-order valence-electron chi connectivity index (χ3n) is 4.86. The molecule has 3 rings (SSSR count). The van der Waals surface area contributed by atoms with Crippen molar-refractivity contribution in [3.05, 3.63) is 64.9 Å². The number of nitrogens with two attached hydrogens (primary N) is 1. The van der Waals surface area contributed by atoms with Gasteiger partial charge < -0.3 is 10.5 Å². The van der Waals surface area contributed by atoms with Crippen molar-refractivity contribution in [1.29, 1.82) is 0 Å². The SMILES string of the molecule is COCC1(CN)C(c2cccc(F)c2)C1S(=O)(=O)c1ccc(Cl)cc1. The fourth-order valence-corrected chi connectivity index (χ4v) is 6.23. The standard InChI is InChI=1S/C18H19ClFNO3S/c1-24-11-18(10-21)16(12-3-2-4-14(20)9-12)17(18)25(22,23)15-7-5-13(19)6-8-15/h2-9,16-17H,10-11,21H2,1H3. The van der Waals surface area contributed by atoms with Crippen molar-refractivity contribution in [2.75, 3.05) is 20.3 Å². The van der Waals surface area contributed by atoms with Crippen molar-refractivity contribution in [1.82, 2.24) is 0 Å². The van der Waals surface area contributed by atoms with Gasteiger partial charge in [0.15, 0.2) is 9.84 Å². The molecule has 1 aliphatic rings. The van der Waals surface area contributed by atoms with Gasteiger partial charge in [0, 0.05) is 30.0 Å². The second-order valence-corrected chi connectivity index (χ2v) is 8.83. The number of hydrogen-bond acceptors (Lipinski definition) is 4. The number of ether oxygens (including phenoxy) is 1. The molecular weight excluding hydrogens is 365 g/mol. The van der Waals surface area contributed by atoms with E-state index in [2.05, 4.69) is 0 Å². The molecule has 1 fully saturated rings. The van der Waals surface area contributed by atoms with Crippen LogP contribution in [0, 0.1) is 11.2 Å². The molecule has 134 valence electrons. The van der Waals surface area contributed by atoms with Crippen LogP contribution in [0.15, 0.2) is 53.4 Å². The van der Waals surface area contributed by atoms with Crippen molar-refractivity contribution in [2.45, 2.75) is 16.1 Å². The van der Waals surface area contributed by atoms with E-state index >= 15 is 0 Å². The first-order valence-corrected chi connectivity index (χ1v) is 9.73. The minimum absolute atomic E-state index is 0.125. The molecule has 1 saturated carbocycles. The lowest BCUT2D eigenvalue weighted by Gasteiger charge is -2.15. The average Bonchev–Trinajstić information content (AvgIpc) is 3.26. The van der Waals surface area contributed by atoms with Crippen molar-refractivity contribution in [3.8, 4) is 0 Å². The molecule has 0 radical (unpaired) electrons. The van der Waals surface area contributed by atoms with Gasteiger partial charge in [-0.3, -0.25) is 0 Å². The van der Waals surface area contributed by atoms with E-state index in [-0.39, 0.29) is 18.0 Å². The van der Waals surface area contributed by atoms with Crippen LogP contribution >= 0.6 is 11.6 Å². The average molecular weight is 384 g/mol. The lowest BCUT2D eigenvalue weighted by Crippen LogP contribution is -2.28.